The maximum Gasteiger partial charge on any atom is 0.0127 e. The Morgan fingerprint density at radius 2 is 1.67 bits per heavy atom. The van der Waals surface area contributed by atoms with Crippen LogP contribution in [0.15, 0.2) is 0 Å². The van der Waals surface area contributed by atoms with Crippen LogP contribution in [0.4, 0.5) is 0 Å². The second kappa shape index (κ2) is 3.48. The molecule has 2 fully saturated rings. The fourth-order valence-electron chi connectivity index (χ4n) is 3.20. The van der Waals surface area contributed by atoms with Crippen molar-refractivity contribution >= 4 is 0 Å². The van der Waals surface area contributed by atoms with Crippen LogP contribution in [-0.2, 0) is 0 Å². The van der Waals surface area contributed by atoms with Crippen molar-refractivity contribution in [2.45, 2.75) is 72.4 Å². The summed E-state index contributed by atoms with van der Waals surface area (Å²) in [5, 5.41) is 3.87. The van der Waals surface area contributed by atoms with E-state index in [1.807, 2.05) is 0 Å². The first-order chi connectivity index (χ1) is 6.80. The molecule has 0 bridgehead atoms. The van der Waals surface area contributed by atoms with Crippen LogP contribution in [0.25, 0.3) is 0 Å². The van der Waals surface area contributed by atoms with E-state index in [9.17, 15) is 0 Å². The SMILES string of the molecule is CC1CC(C)(C)CCC1NC1CC1(C)C. The summed E-state index contributed by atoms with van der Waals surface area (Å²) in [7, 11) is 0. The van der Waals surface area contributed by atoms with E-state index in [1.165, 1.54) is 25.7 Å². The molecule has 2 aliphatic rings. The van der Waals surface area contributed by atoms with Crippen LogP contribution in [0.2, 0.25) is 0 Å². The molecule has 15 heavy (non-hydrogen) atoms. The first-order valence-electron chi connectivity index (χ1n) is 6.56. The van der Waals surface area contributed by atoms with Crippen LogP contribution >= 0.6 is 0 Å². The summed E-state index contributed by atoms with van der Waals surface area (Å²) in [6, 6.07) is 1.58. The predicted molar refractivity (Wildman–Crippen MR) is 65.9 cm³/mol. The zero-order chi connectivity index (χ0) is 11.3. The molecule has 3 atom stereocenters. The largest absolute Gasteiger partial charge is 0.310 e. The first-order valence-corrected chi connectivity index (χ1v) is 6.56. The van der Waals surface area contributed by atoms with Gasteiger partial charge in [0.25, 0.3) is 0 Å². The minimum absolute atomic E-state index is 0.576. The van der Waals surface area contributed by atoms with Crippen LogP contribution in [0.3, 0.4) is 0 Å². The smallest absolute Gasteiger partial charge is 0.0127 e. The van der Waals surface area contributed by atoms with Crippen molar-refractivity contribution in [2.24, 2.45) is 16.7 Å². The fourth-order valence-corrected chi connectivity index (χ4v) is 3.20. The zero-order valence-electron chi connectivity index (χ0n) is 11.1. The van der Waals surface area contributed by atoms with Crippen molar-refractivity contribution in [3.05, 3.63) is 0 Å². The molecule has 0 aromatic rings. The topological polar surface area (TPSA) is 12.0 Å². The molecule has 2 saturated carbocycles. The van der Waals surface area contributed by atoms with Crippen molar-refractivity contribution in [3.8, 4) is 0 Å². The van der Waals surface area contributed by atoms with Crippen LogP contribution in [0.1, 0.15) is 60.3 Å². The van der Waals surface area contributed by atoms with Gasteiger partial charge in [-0.05, 0) is 42.4 Å². The molecule has 0 aromatic carbocycles. The Bertz CT molecular complexity index is 242. The van der Waals surface area contributed by atoms with Crippen molar-refractivity contribution in [1.82, 2.24) is 5.32 Å². The minimum atomic E-state index is 0.576. The van der Waals surface area contributed by atoms with E-state index in [4.69, 9.17) is 0 Å². The summed E-state index contributed by atoms with van der Waals surface area (Å²) in [4.78, 5) is 0. The Labute approximate surface area is 95.0 Å². The lowest BCUT2D eigenvalue weighted by atomic mass is 9.70. The molecule has 0 radical (unpaired) electrons. The van der Waals surface area contributed by atoms with Crippen molar-refractivity contribution < 1.29 is 0 Å². The van der Waals surface area contributed by atoms with Crippen LogP contribution in [0.5, 0.6) is 0 Å². The number of hydrogen-bond acceptors (Lipinski definition) is 1. The molecule has 0 aromatic heterocycles. The number of hydrogen-bond donors (Lipinski definition) is 1. The Morgan fingerprint density at radius 3 is 2.13 bits per heavy atom. The van der Waals surface area contributed by atoms with E-state index in [-0.39, 0.29) is 0 Å². The molecule has 0 amide bonds. The lowest BCUT2D eigenvalue weighted by molar-refractivity contribution is 0.146. The lowest BCUT2D eigenvalue weighted by Gasteiger charge is -2.40. The normalized spacial score (nSPS) is 42.6. The maximum atomic E-state index is 3.87. The molecule has 0 aliphatic heterocycles. The molecular weight excluding hydrogens is 182 g/mol. The Hall–Kier alpha value is -0.0400. The third kappa shape index (κ3) is 2.55. The molecule has 2 aliphatic carbocycles. The average molecular weight is 209 g/mol. The minimum Gasteiger partial charge on any atom is -0.310 e. The molecule has 0 heterocycles. The monoisotopic (exact) mass is 209 g/mol. The van der Waals surface area contributed by atoms with Crippen LogP contribution in [0, 0.1) is 16.7 Å². The Kier molecular flexibility index (Phi) is 2.65. The van der Waals surface area contributed by atoms with E-state index < -0.39 is 0 Å². The third-order valence-electron chi connectivity index (χ3n) is 4.62. The highest BCUT2D eigenvalue weighted by Crippen LogP contribution is 2.46. The number of nitrogens with one attached hydrogen (secondary N) is 1. The van der Waals surface area contributed by atoms with E-state index in [0.29, 0.717) is 10.8 Å². The van der Waals surface area contributed by atoms with Gasteiger partial charge in [-0.3, -0.25) is 0 Å². The van der Waals surface area contributed by atoms with Gasteiger partial charge in [-0.2, -0.15) is 0 Å². The zero-order valence-corrected chi connectivity index (χ0v) is 11.1. The van der Waals surface area contributed by atoms with E-state index in [1.54, 1.807) is 0 Å². The summed E-state index contributed by atoms with van der Waals surface area (Å²) in [5.74, 6) is 0.852. The molecule has 1 N–H and O–H groups in total. The maximum absolute atomic E-state index is 3.87. The second-order valence-corrected chi connectivity index (χ2v) is 7.40. The summed E-state index contributed by atoms with van der Waals surface area (Å²) in [6.07, 6.45) is 5.53. The summed E-state index contributed by atoms with van der Waals surface area (Å²) in [6.45, 7) is 12.0. The summed E-state index contributed by atoms with van der Waals surface area (Å²) >= 11 is 0. The van der Waals surface area contributed by atoms with E-state index in [2.05, 4.69) is 39.9 Å². The molecule has 0 saturated heterocycles. The van der Waals surface area contributed by atoms with Gasteiger partial charge in [-0.15, -0.1) is 0 Å². The van der Waals surface area contributed by atoms with Gasteiger partial charge in [0.15, 0.2) is 0 Å². The van der Waals surface area contributed by atoms with E-state index in [0.717, 1.165) is 18.0 Å². The van der Waals surface area contributed by atoms with Crippen LogP contribution < -0.4 is 5.32 Å². The van der Waals surface area contributed by atoms with Gasteiger partial charge in [-0.25, -0.2) is 0 Å². The highest BCUT2D eigenvalue weighted by Gasteiger charge is 2.47. The van der Waals surface area contributed by atoms with Crippen molar-refractivity contribution in [1.29, 1.82) is 0 Å². The Morgan fingerprint density at radius 1 is 1.07 bits per heavy atom. The fraction of sp³-hybridized carbons (Fsp3) is 1.00. The highest BCUT2D eigenvalue weighted by atomic mass is 15.0. The third-order valence-corrected chi connectivity index (χ3v) is 4.62. The highest BCUT2D eigenvalue weighted by molar-refractivity contribution is 5.04. The van der Waals surface area contributed by atoms with Gasteiger partial charge in [0.2, 0.25) is 0 Å². The van der Waals surface area contributed by atoms with Crippen molar-refractivity contribution in [2.75, 3.05) is 0 Å². The van der Waals surface area contributed by atoms with Gasteiger partial charge in [0.1, 0.15) is 0 Å². The van der Waals surface area contributed by atoms with E-state index >= 15 is 0 Å². The molecule has 2 rings (SSSR count). The van der Waals surface area contributed by atoms with Gasteiger partial charge >= 0.3 is 0 Å². The molecule has 3 unspecified atom stereocenters. The van der Waals surface area contributed by atoms with Gasteiger partial charge < -0.3 is 5.32 Å². The quantitative estimate of drug-likeness (QED) is 0.733. The van der Waals surface area contributed by atoms with Gasteiger partial charge in [-0.1, -0.05) is 34.6 Å². The van der Waals surface area contributed by atoms with Crippen LogP contribution in [-0.4, -0.2) is 12.1 Å². The molecule has 1 nitrogen and oxygen atoms in total. The summed E-state index contributed by atoms with van der Waals surface area (Å²) in [5.41, 5.74) is 1.16. The van der Waals surface area contributed by atoms with Gasteiger partial charge in [0, 0.05) is 12.1 Å². The summed E-state index contributed by atoms with van der Waals surface area (Å²) < 4.78 is 0. The van der Waals surface area contributed by atoms with Crippen molar-refractivity contribution in [3.63, 3.8) is 0 Å². The number of rotatable bonds is 2. The first kappa shape index (κ1) is 11.4. The standard InChI is InChI=1S/C14H27N/c1-10-8-13(2,3)7-6-11(10)15-12-9-14(12,4)5/h10-12,15H,6-9H2,1-5H3. The second-order valence-electron chi connectivity index (χ2n) is 7.40. The lowest BCUT2D eigenvalue weighted by Crippen LogP contribution is -2.43. The molecule has 0 spiro atoms. The molecular formula is C14H27N. The molecule has 1 heteroatoms. The van der Waals surface area contributed by atoms with Gasteiger partial charge in [0.05, 0.1) is 0 Å². The Balaban J connectivity index is 1.85. The average Bonchev–Trinajstić information content (AvgIpc) is 2.64. The predicted octanol–water partition coefficient (Wildman–Crippen LogP) is 3.59. The molecule has 88 valence electrons.